The van der Waals surface area contributed by atoms with Crippen LogP contribution in [0.15, 0.2) is 77.2 Å². The topological polar surface area (TPSA) is 119 Å². The van der Waals surface area contributed by atoms with E-state index in [0.29, 0.717) is 47.1 Å². The minimum Gasteiger partial charge on any atom is -0.486 e. The zero-order valence-electron chi connectivity index (χ0n) is 18.5. The number of carbonyl (C=O) groups excluding carboxylic acids is 3. The van der Waals surface area contributed by atoms with Crippen molar-refractivity contribution in [2.75, 3.05) is 18.5 Å². The van der Waals surface area contributed by atoms with Gasteiger partial charge in [-0.1, -0.05) is 30.3 Å². The number of hydrogen-bond donors (Lipinski definition) is 3. The van der Waals surface area contributed by atoms with Gasteiger partial charge in [-0.2, -0.15) is 0 Å². The number of anilines is 1. The van der Waals surface area contributed by atoms with Gasteiger partial charge in [0.15, 0.2) is 17.3 Å². The number of hydrogen-bond acceptors (Lipinski definition) is 6. The molecule has 1 aromatic heterocycles. The fourth-order valence-electron chi connectivity index (χ4n) is 3.61. The van der Waals surface area contributed by atoms with Crippen LogP contribution in [0, 0.1) is 0 Å². The number of furan rings is 1. The van der Waals surface area contributed by atoms with E-state index in [9.17, 15) is 14.4 Å². The number of para-hydroxylation sites is 1. The Bertz CT molecular complexity index is 1380. The SMILES string of the molecule is O=C(Cc1ccc(NC(=O)c2cc3ccccc3o2)cc1)NNC(=O)c1ccc2c(c1)OCCO2. The normalized spacial score (nSPS) is 12.1. The number of hydrazine groups is 1. The number of ether oxygens (including phenoxy) is 2. The van der Waals surface area contributed by atoms with Gasteiger partial charge < -0.3 is 19.2 Å². The van der Waals surface area contributed by atoms with E-state index >= 15 is 0 Å². The molecule has 9 nitrogen and oxygen atoms in total. The van der Waals surface area contributed by atoms with Crippen LogP contribution in [0.1, 0.15) is 26.5 Å². The van der Waals surface area contributed by atoms with Gasteiger partial charge >= 0.3 is 0 Å². The molecule has 0 saturated heterocycles. The van der Waals surface area contributed by atoms with Crippen molar-refractivity contribution in [3.63, 3.8) is 0 Å². The average molecular weight is 471 g/mol. The van der Waals surface area contributed by atoms with Gasteiger partial charge in [0.25, 0.3) is 11.8 Å². The Morgan fingerprint density at radius 3 is 2.34 bits per heavy atom. The maximum atomic E-state index is 12.5. The summed E-state index contributed by atoms with van der Waals surface area (Å²) in [6, 6.07) is 20.7. The van der Waals surface area contributed by atoms with Crippen LogP contribution in [0.4, 0.5) is 5.69 Å². The van der Waals surface area contributed by atoms with Crippen molar-refractivity contribution in [2.45, 2.75) is 6.42 Å². The average Bonchev–Trinajstić information content (AvgIpc) is 3.33. The first-order valence-electron chi connectivity index (χ1n) is 10.9. The van der Waals surface area contributed by atoms with Gasteiger partial charge in [-0.05, 0) is 48.0 Å². The fourth-order valence-corrected chi connectivity index (χ4v) is 3.61. The Morgan fingerprint density at radius 1 is 0.771 bits per heavy atom. The highest BCUT2D eigenvalue weighted by atomic mass is 16.6. The van der Waals surface area contributed by atoms with Gasteiger partial charge in [-0.25, -0.2) is 0 Å². The Labute approximate surface area is 200 Å². The molecule has 35 heavy (non-hydrogen) atoms. The summed E-state index contributed by atoms with van der Waals surface area (Å²) >= 11 is 0. The number of nitrogens with one attached hydrogen (secondary N) is 3. The number of benzene rings is 3. The van der Waals surface area contributed by atoms with Crippen LogP contribution in [-0.2, 0) is 11.2 Å². The van der Waals surface area contributed by atoms with E-state index < -0.39 is 11.8 Å². The molecule has 176 valence electrons. The zero-order valence-corrected chi connectivity index (χ0v) is 18.5. The molecule has 3 aromatic carbocycles. The molecule has 0 atom stereocenters. The predicted molar refractivity (Wildman–Crippen MR) is 127 cm³/mol. The van der Waals surface area contributed by atoms with Gasteiger partial charge in [-0.3, -0.25) is 25.2 Å². The molecule has 0 saturated carbocycles. The van der Waals surface area contributed by atoms with Crippen molar-refractivity contribution in [3.8, 4) is 11.5 Å². The third kappa shape index (κ3) is 5.09. The Hall–Kier alpha value is -4.79. The summed E-state index contributed by atoms with van der Waals surface area (Å²) in [5, 5.41) is 3.62. The molecule has 0 aliphatic carbocycles. The van der Waals surface area contributed by atoms with E-state index in [4.69, 9.17) is 13.9 Å². The van der Waals surface area contributed by atoms with E-state index in [1.54, 1.807) is 54.6 Å². The lowest BCUT2D eigenvalue weighted by Crippen LogP contribution is -2.42. The molecule has 1 aliphatic rings. The van der Waals surface area contributed by atoms with Gasteiger partial charge in [0.05, 0.1) is 6.42 Å². The van der Waals surface area contributed by atoms with Gasteiger partial charge in [0.2, 0.25) is 5.91 Å². The highest BCUT2D eigenvalue weighted by Crippen LogP contribution is 2.30. The van der Waals surface area contributed by atoms with E-state index in [1.807, 2.05) is 18.2 Å². The molecule has 2 heterocycles. The second-order valence-corrected chi connectivity index (χ2v) is 7.84. The lowest BCUT2D eigenvalue weighted by Gasteiger charge is -2.18. The summed E-state index contributed by atoms with van der Waals surface area (Å²) in [5.41, 5.74) is 7.03. The molecule has 0 unspecified atom stereocenters. The molecule has 9 heteroatoms. The third-order valence-corrected chi connectivity index (χ3v) is 5.35. The van der Waals surface area contributed by atoms with E-state index in [-0.39, 0.29) is 18.1 Å². The second kappa shape index (κ2) is 9.60. The minimum atomic E-state index is -0.473. The van der Waals surface area contributed by atoms with Crippen molar-refractivity contribution in [3.05, 3.63) is 89.7 Å². The van der Waals surface area contributed by atoms with Gasteiger partial charge in [0.1, 0.15) is 18.8 Å². The molecular formula is C26H21N3O6. The van der Waals surface area contributed by atoms with Gasteiger partial charge in [-0.15, -0.1) is 0 Å². The monoisotopic (exact) mass is 471 g/mol. The van der Waals surface area contributed by atoms with Crippen LogP contribution in [0.2, 0.25) is 0 Å². The highest BCUT2D eigenvalue weighted by molar-refractivity contribution is 6.04. The maximum absolute atomic E-state index is 12.5. The van der Waals surface area contributed by atoms with E-state index in [2.05, 4.69) is 16.2 Å². The molecule has 0 spiro atoms. The number of fused-ring (bicyclic) bond motifs is 2. The third-order valence-electron chi connectivity index (χ3n) is 5.35. The van der Waals surface area contributed by atoms with Crippen LogP contribution >= 0.6 is 0 Å². The quantitative estimate of drug-likeness (QED) is 0.384. The number of amides is 3. The molecule has 3 amide bonds. The van der Waals surface area contributed by atoms with Crippen LogP contribution in [-0.4, -0.2) is 30.9 Å². The predicted octanol–water partition coefficient (Wildman–Crippen LogP) is 3.46. The highest BCUT2D eigenvalue weighted by Gasteiger charge is 2.16. The van der Waals surface area contributed by atoms with Crippen molar-refractivity contribution in [1.29, 1.82) is 0 Å². The smallest absolute Gasteiger partial charge is 0.291 e. The van der Waals surface area contributed by atoms with Crippen LogP contribution in [0.25, 0.3) is 11.0 Å². The summed E-state index contributed by atoms with van der Waals surface area (Å²) in [6.45, 7) is 0.875. The molecule has 4 aromatic rings. The lowest BCUT2D eigenvalue weighted by atomic mass is 10.1. The molecule has 0 fully saturated rings. The molecule has 5 rings (SSSR count). The number of carbonyl (C=O) groups is 3. The molecular weight excluding hydrogens is 450 g/mol. The second-order valence-electron chi connectivity index (χ2n) is 7.84. The summed E-state index contributed by atoms with van der Waals surface area (Å²) in [5.74, 6) is 0.0441. The molecule has 1 aliphatic heterocycles. The van der Waals surface area contributed by atoms with Crippen molar-refractivity contribution in [2.24, 2.45) is 0 Å². The van der Waals surface area contributed by atoms with Crippen LogP contribution < -0.4 is 25.6 Å². The Morgan fingerprint density at radius 2 is 1.54 bits per heavy atom. The fraction of sp³-hybridized carbons (Fsp3) is 0.115. The van der Waals surface area contributed by atoms with Gasteiger partial charge in [0, 0.05) is 16.6 Å². The first-order chi connectivity index (χ1) is 17.0. The van der Waals surface area contributed by atoms with Crippen molar-refractivity contribution in [1.82, 2.24) is 10.9 Å². The standard InChI is InChI=1S/C26H21N3O6/c30-24(28-29-25(31)18-7-10-21-22(15-18)34-12-11-33-21)13-16-5-8-19(9-6-16)27-26(32)23-14-17-3-1-2-4-20(17)35-23/h1-10,14-15H,11-13H2,(H,27,32)(H,28,30)(H,29,31). The van der Waals surface area contributed by atoms with E-state index in [0.717, 1.165) is 5.39 Å². The van der Waals surface area contributed by atoms with Crippen LogP contribution in [0.5, 0.6) is 11.5 Å². The summed E-state index contributed by atoms with van der Waals surface area (Å²) in [7, 11) is 0. The van der Waals surface area contributed by atoms with Crippen molar-refractivity contribution < 1.29 is 28.3 Å². The maximum Gasteiger partial charge on any atom is 0.291 e. The summed E-state index contributed by atoms with van der Waals surface area (Å²) in [4.78, 5) is 37.1. The zero-order chi connectivity index (χ0) is 24.2. The molecule has 0 bridgehead atoms. The summed E-state index contributed by atoms with van der Waals surface area (Å²) < 4.78 is 16.5. The Balaban J connectivity index is 1.12. The van der Waals surface area contributed by atoms with Crippen LogP contribution in [0.3, 0.4) is 0 Å². The number of rotatable bonds is 5. The Kier molecular flexibility index (Phi) is 6.04. The first kappa shape index (κ1) is 22.0. The molecule has 3 N–H and O–H groups in total. The summed E-state index contributed by atoms with van der Waals surface area (Å²) in [6.07, 6.45) is 0.0409. The largest absolute Gasteiger partial charge is 0.486 e. The lowest BCUT2D eigenvalue weighted by molar-refractivity contribution is -0.121. The van der Waals surface area contributed by atoms with E-state index in [1.165, 1.54) is 0 Å². The van der Waals surface area contributed by atoms with Crippen molar-refractivity contribution >= 4 is 34.4 Å². The molecule has 0 radical (unpaired) electrons. The minimum absolute atomic E-state index is 0.0409. The first-order valence-corrected chi connectivity index (χ1v) is 10.9.